The van der Waals surface area contributed by atoms with E-state index in [2.05, 4.69) is 5.32 Å². The molecule has 1 atom stereocenters. The Kier molecular flexibility index (Phi) is 7.05. The van der Waals surface area contributed by atoms with E-state index in [9.17, 15) is 18.8 Å². The van der Waals surface area contributed by atoms with Crippen molar-refractivity contribution in [3.05, 3.63) is 65.5 Å². The summed E-state index contributed by atoms with van der Waals surface area (Å²) in [6.45, 7) is 2.86. The molecular formula is C20H20FNO5. The maximum absolute atomic E-state index is 12.9. The largest absolute Gasteiger partial charge is 0.479 e. The number of nitrogens with one attached hydrogen (secondary N) is 1. The van der Waals surface area contributed by atoms with Crippen molar-refractivity contribution < 1.29 is 28.2 Å². The number of hydrogen-bond donors (Lipinski definition) is 1. The molecule has 0 saturated carbocycles. The molecule has 2 rings (SSSR count). The lowest BCUT2D eigenvalue weighted by atomic mass is 10.1. The molecule has 6 nitrogen and oxygen atoms in total. The molecule has 0 spiro atoms. The van der Waals surface area contributed by atoms with E-state index in [1.54, 1.807) is 24.3 Å². The molecule has 0 bridgehead atoms. The molecule has 0 aliphatic heterocycles. The van der Waals surface area contributed by atoms with Crippen LogP contribution < -0.4 is 10.1 Å². The molecule has 1 amide bonds. The van der Waals surface area contributed by atoms with Crippen molar-refractivity contribution in [2.24, 2.45) is 0 Å². The Morgan fingerprint density at radius 2 is 1.67 bits per heavy atom. The molecule has 2 aromatic carbocycles. The highest BCUT2D eigenvalue weighted by molar-refractivity contribution is 5.98. The molecule has 142 valence electrons. The monoisotopic (exact) mass is 373 g/mol. The SMILES string of the molecule is CC(=O)NCc1ccc(C(=O)COC(=O)[C@H](C)Oc2ccc(F)cc2)cc1. The van der Waals surface area contributed by atoms with Gasteiger partial charge in [0.05, 0.1) is 0 Å². The lowest BCUT2D eigenvalue weighted by Gasteiger charge is -2.13. The summed E-state index contributed by atoms with van der Waals surface area (Å²) < 4.78 is 23.2. The van der Waals surface area contributed by atoms with Gasteiger partial charge in [-0.15, -0.1) is 0 Å². The Hall–Kier alpha value is -3.22. The first-order chi connectivity index (χ1) is 12.8. The van der Waals surface area contributed by atoms with Crippen LogP contribution in [0.1, 0.15) is 29.8 Å². The molecule has 0 fully saturated rings. The number of carbonyl (C=O) groups excluding carboxylic acids is 3. The van der Waals surface area contributed by atoms with E-state index in [4.69, 9.17) is 9.47 Å². The zero-order valence-electron chi connectivity index (χ0n) is 15.0. The Morgan fingerprint density at radius 3 is 2.26 bits per heavy atom. The summed E-state index contributed by atoms with van der Waals surface area (Å²) in [5.74, 6) is -1.29. The van der Waals surface area contributed by atoms with E-state index in [1.807, 2.05) is 0 Å². The van der Waals surface area contributed by atoms with Crippen LogP contribution in [-0.2, 0) is 20.9 Å². The van der Waals surface area contributed by atoms with E-state index in [0.29, 0.717) is 17.9 Å². The van der Waals surface area contributed by atoms with Crippen molar-refractivity contribution in [1.29, 1.82) is 0 Å². The van der Waals surface area contributed by atoms with Crippen LogP contribution >= 0.6 is 0 Å². The first kappa shape index (κ1) is 20.1. The molecule has 0 aromatic heterocycles. The number of rotatable bonds is 8. The first-order valence-corrected chi connectivity index (χ1v) is 8.30. The number of ether oxygens (including phenoxy) is 2. The molecule has 0 aliphatic rings. The van der Waals surface area contributed by atoms with Gasteiger partial charge in [-0.05, 0) is 36.8 Å². The number of amides is 1. The smallest absolute Gasteiger partial charge is 0.347 e. The van der Waals surface area contributed by atoms with Gasteiger partial charge in [-0.25, -0.2) is 9.18 Å². The van der Waals surface area contributed by atoms with Crippen molar-refractivity contribution in [3.63, 3.8) is 0 Å². The predicted octanol–water partition coefficient (Wildman–Crippen LogP) is 2.66. The topological polar surface area (TPSA) is 81.7 Å². The van der Waals surface area contributed by atoms with Crippen LogP contribution in [0.5, 0.6) is 5.75 Å². The summed E-state index contributed by atoms with van der Waals surface area (Å²) in [4.78, 5) is 34.9. The van der Waals surface area contributed by atoms with E-state index < -0.39 is 24.5 Å². The Bertz CT molecular complexity index is 802. The van der Waals surface area contributed by atoms with Gasteiger partial charge in [-0.1, -0.05) is 24.3 Å². The molecule has 0 heterocycles. The van der Waals surface area contributed by atoms with Crippen LogP contribution in [0.15, 0.2) is 48.5 Å². The maximum atomic E-state index is 12.9. The van der Waals surface area contributed by atoms with Crippen LogP contribution in [0.4, 0.5) is 4.39 Å². The second kappa shape index (κ2) is 9.47. The van der Waals surface area contributed by atoms with Crippen LogP contribution in [0.25, 0.3) is 0 Å². The van der Waals surface area contributed by atoms with Gasteiger partial charge < -0.3 is 14.8 Å². The standard InChI is InChI=1S/C20H20FNO5/c1-13(27-18-9-7-17(21)8-10-18)20(25)26-12-19(24)16-5-3-15(4-6-16)11-22-14(2)23/h3-10,13H,11-12H2,1-2H3,(H,22,23)/t13-/m0/s1. The highest BCUT2D eigenvalue weighted by Crippen LogP contribution is 2.13. The van der Waals surface area contributed by atoms with Crippen molar-refractivity contribution in [1.82, 2.24) is 5.32 Å². The minimum atomic E-state index is -0.941. The average Bonchev–Trinajstić information content (AvgIpc) is 2.66. The molecule has 7 heteroatoms. The van der Waals surface area contributed by atoms with Gasteiger partial charge in [0.2, 0.25) is 5.91 Å². The third kappa shape index (κ3) is 6.54. The summed E-state index contributed by atoms with van der Waals surface area (Å²) >= 11 is 0. The number of halogens is 1. The molecule has 27 heavy (non-hydrogen) atoms. The van der Waals surface area contributed by atoms with Gasteiger partial charge in [-0.2, -0.15) is 0 Å². The zero-order valence-corrected chi connectivity index (χ0v) is 15.0. The van der Waals surface area contributed by atoms with Crippen LogP contribution in [0, 0.1) is 5.82 Å². The van der Waals surface area contributed by atoms with E-state index in [-0.39, 0.29) is 11.7 Å². The molecule has 0 unspecified atom stereocenters. The fourth-order valence-corrected chi connectivity index (χ4v) is 2.14. The molecule has 1 N–H and O–H groups in total. The van der Waals surface area contributed by atoms with Gasteiger partial charge in [0.15, 0.2) is 18.5 Å². The summed E-state index contributed by atoms with van der Waals surface area (Å²) in [7, 11) is 0. The van der Waals surface area contributed by atoms with Gasteiger partial charge in [0.25, 0.3) is 0 Å². The maximum Gasteiger partial charge on any atom is 0.347 e. The van der Waals surface area contributed by atoms with E-state index in [0.717, 1.165) is 5.56 Å². The minimum Gasteiger partial charge on any atom is -0.479 e. The van der Waals surface area contributed by atoms with Crippen molar-refractivity contribution in [2.75, 3.05) is 6.61 Å². The number of hydrogen-bond acceptors (Lipinski definition) is 5. The minimum absolute atomic E-state index is 0.140. The molecular weight excluding hydrogens is 353 g/mol. The summed E-state index contributed by atoms with van der Waals surface area (Å²) in [6, 6.07) is 11.9. The highest BCUT2D eigenvalue weighted by atomic mass is 19.1. The van der Waals surface area contributed by atoms with Crippen LogP contribution in [0.3, 0.4) is 0 Å². The third-order valence-corrected chi connectivity index (χ3v) is 3.62. The van der Waals surface area contributed by atoms with Gasteiger partial charge in [-0.3, -0.25) is 9.59 Å². The summed E-state index contributed by atoms with van der Waals surface area (Å²) in [5.41, 5.74) is 1.24. The number of carbonyl (C=O) groups is 3. The lowest BCUT2D eigenvalue weighted by molar-refractivity contribution is -0.149. The average molecular weight is 373 g/mol. The number of ketones is 1. The van der Waals surface area contributed by atoms with Crippen molar-refractivity contribution in [2.45, 2.75) is 26.5 Å². The van der Waals surface area contributed by atoms with Gasteiger partial charge in [0, 0.05) is 19.0 Å². The first-order valence-electron chi connectivity index (χ1n) is 8.30. The Balaban J connectivity index is 1.82. The fraction of sp³-hybridized carbons (Fsp3) is 0.250. The van der Waals surface area contributed by atoms with E-state index in [1.165, 1.54) is 38.1 Å². The van der Waals surface area contributed by atoms with Gasteiger partial charge in [0.1, 0.15) is 11.6 Å². The number of Topliss-reactive ketones (excluding diaryl/α,β-unsaturated/α-hetero) is 1. The number of esters is 1. The van der Waals surface area contributed by atoms with Crippen LogP contribution in [-0.4, -0.2) is 30.4 Å². The quantitative estimate of drug-likeness (QED) is 0.568. The molecule has 0 saturated heterocycles. The summed E-state index contributed by atoms with van der Waals surface area (Å²) in [6.07, 6.45) is -0.941. The Morgan fingerprint density at radius 1 is 1.04 bits per heavy atom. The third-order valence-electron chi connectivity index (χ3n) is 3.62. The lowest BCUT2D eigenvalue weighted by Crippen LogP contribution is -2.28. The summed E-state index contributed by atoms with van der Waals surface area (Å²) in [5, 5.41) is 2.66. The predicted molar refractivity (Wildman–Crippen MR) is 95.7 cm³/mol. The normalized spacial score (nSPS) is 11.4. The number of benzene rings is 2. The Labute approximate surface area is 156 Å². The van der Waals surface area contributed by atoms with E-state index >= 15 is 0 Å². The molecule has 2 aromatic rings. The highest BCUT2D eigenvalue weighted by Gasteiger charge is 2.18. The second-order valence-electron chi connectivity index (χ2n) is 5.85. The van der Waals surface area contributed by atoms with Crippen molar-refractivity contribution in [3.8, 4) is 5.75 Å². The van der Waals surface area contributed by atoms with Crippen molar-refractivity contribution >= 4 is 17.7 Å². The van der Waals surface area contributed by atoms with Gasteiger partial charge >= 0.3 is 5.97 Å². The second-order valence-corrected chi connectivity index (χ2v) is 5.85. The van der Waals surface area contributed by atoms with Crippen LogP contribution in [0.2, 0.25) is 0 Å². The fourth-order valence-electron chi connectivity index (χ4n) is 2.14. The molecule has 0 aliphatic carbocycles. The zero-order chi connectivity index (χ0) is 19.8. The molecule has 0 radical (unpaired) electrons.